The Balaban J connectivity index is 2.24. The van der Waals surface area contributed by atoms with E-state index in [0.29, 0.717) is 11.6 Å². The zero-order valence-corrected chi connectivity index (χ0v) is 11.7. The summed E-state index contributed by atoms with van der Waals surface area (Å²) in [5, 5.41) is 4.22. The van der Waals surface area contributed by atoms with E-state index >= 15 is 0 Å². The Morgan fingerprint density at radius 1 is 1.71 bits per heavy atom. The molecule has 0 spiro atoms. The molecule has 1 saturated carbocycles. The van der Waals surface area contributed by atoms with Crippen LogP contribution < -0.4 is 0 Å². The fourth-order valence-electron chi connectivity index (χ4n) is 2.04. The second-order valence-corrected chi connectivity index (χ2v) is 5.28. The minimum atomic E-state index is -0.307. The number of halogens is 1. The van der Waals surface area contributed by atoms with E-state index in [0.717, 1.165) is 30.3 Å². The number of ketones is 1. The van der Waals surface area contributed by atoms with Gasteiger partial charge in [-0.2, -0.15) is 5.10 Å². The van der Waals surface area contributed by atoms with Crippen LogP contribution in [0.25, 0.3) is 0 Å². The summed E-state index contributed by atoms with van der Waals surface area (Å²) in [4.78, 5) is 12.4. The van der Waals surface area contributed by atoms with Crippen molar-refractivity contribution in [2.45, 2.75) is 38.8 Å². The molecule has 5 heteroatoms. The van der Waals surface area contributed by atoms with Crippen LogP contribution in [0.5, 0.6) is 0 Å². The molecule has 1 fully saturated rings. The lowest BCUT2D eigenvalue weighted by molar-refractivity contribution is 0.0528. The van der Waals surface area contributed by atoms with Gasteiger partial charge in [0.1, 0.15) is 11.8 Å². The van der Waals surface area contributed by atoms with Crippen LogP contribution in [0.1, 0.15) is 36.7 Å². The fraction of sp³-hybridized carbons (Fsp3) is 0.667. The molecule has 94 valence electrons. The SMILES string of the molecule is CCCn1ncc(Br)c1C(=O)C(OC)C1CC1. The summed E-state index contributed by atoms with van der Waals surface area (Å²) in [6, 6.07) is 0. The topological polar surface area (TPSA) is 44.1 Å². The van der Waals surface area contributed by atoms with E-state index in [1.807, 2.05) is 0 Å². The summed E-state index contributed by atoms with van der Waals surface area (Å²) in [6.45, 7) is 2.83. The average Bonchev–Trinajstić information content (AvgIpc) is 3.06. The number of aryl methyl sites for hydroxylation is 1. The molecule has 1 unspecified atom stereocenters. The molecule has 1 aromatic rings. The lowest BCUT2D eigenvalue weighted by Gasteiger charge is -2.14. The summed E-state index contributed by atoms with van der Waals surface area (Å²) in [5.74, 6) is 0.442. The molecule has 0 saturated heterocycles. The lowest BCUT2D eigenvalue weighted by atomic mass is 10.1. The molecule has 0 bridgehead atoms. The lowest BCUT2D eigenvalue weighted by Crippen LogP contribution is -2.28. The van der Waals surface area contributed by atoms with Crippen molar-refractivity contribution in [3.63, 3.8) is 0 Å². The minimum Gasteiger partial charge on any atom is -0.373 e. The molecule has 17 heavy (non-hydrogen) atoms. The van der Waals surface area contributed by atoms with Crippen molar-refractivity contribution in [3.8, 4) is 0 Å². The van der Waals surface area contributed by atoms with Gasteiger partial charge < -0.3 is 4.74 Å². The third-order valence-corrected chi connectivity index (χ3v) is 3.61. The first-order valence-electron chi connectivity index (χ1n) is 5.97. The number of methoxy groups -OCH3 is 1. The van der Waals surface area contributed by atoms with Crippen LogP contribution in [0.3, 0.4) is 0 Å². The zero-order chi connectivity index (χ0) is 12.4. The Morgan fingerprint density at radius 2 is 2.41 bits per heavy atom. The van der Waals surface area contributed by atoms with Crippen LogP contribution in [-0.4, -0.2) is 28.8 Å². The van der Waals surface area contributed by atoms with E-state index in [1.54, 1.807) is 18.0 Å². The van der Waals surface area contributed by atoms with Gasteiger partial charge in [-0.25, -0.2) is 0 Å². The van der Waals surface area contributed by atoms with Crippen molar-refractivity contribution in [3.05, 3.63) is 16.4 Å². The van der Waals surface area contributed by atoms with Crippen molar-refractivity contribution in [1.82, 2.24) is 9.78 Å². The molecule has 1 aromatic heterocycles. The number of hydrogen-bond donors (Lipinski definition) is 0. The second kappa shape index (κ2) is 5.31. The molecular weight excluding hydrogens is 284 g/mol. The zero-order valence-electron chi connectivity index (χ0n) is 10.1. The number of carbonyl (C=O) groups is 1. The van der Waals surface area contributed by atoms with Crippen molar-refractivity contribution >= 4 is 21.7 Å². The van der Waals surface area contributed by atoms with Gasteiger partial charge in [-0.1, -0.05) is 6.92 Å². The summed E-state index contributed by atoms with van der Waals surface area (Å²) < 4.78 is 7.86. The maximum Gasteiger partial charge on any atom is 0.210 e. The molecule has 2 rings (SSSR count). The van der Waals surface area contributed by atoms with Crippen LogP contribution in [0.4, 0.5) is 0 Å². The minimum absolute atomic E-state index is 0.0489. The molecule has 1 aliphatic rings. The van der Waals surface area contributed by atoms with Gasteiger partial charge in [-0.3, -0.25) is 9.48 Å². The first-order chi connectivity index (χ1) is 8.19. The average molecular weight is 301 g/mol. The number of hydrogen-bond acceptors (Lipinski definition) is 3. The third kappa shape index (κ3) is 2.60. The summed E-state index contributed by atoms with van der Waals surface area (Å²) in [7, 11) is 1.61. The Hall–Kier alpha value is -0.680. The summed E-state index contributed by atoms with van der Waals surface area (Å²) >= 11 is 3.40. The van der Waals surface area contributed by atoms with Crippen LogP contribution >= 0.6 is 15.9 Å². The predicted octanol–water partition coefficient (Wildman–Crippen LogP) is 2.66. The number of rotatable bonds is 6. The van der Waals surface area contributed by atoms with Crippen molar-refractivity contribution in [2.75, 3.05) is 7.11 Å². The molecule has 0 aliphatic heterocycles. The first kappa shape index (κ1) is 12.8. The molecule has 1 aliphatic carbocycles. The normalized spacial score (nSPS) is 17.1. The molecule has 0 amide bonds. The summed E-state index contributed by atoms with van der Waals surface area (Å²) in [6.07, 6.45) is 4.50. The molecule has 0 radical (unpaired) electrons. The van der Waals surface area contributed by atoms with Gasteiger partial charge in [0.2, 0.25) is 5.78 Å². The van der Waals surface area contributed by atoms with E-state index < -0.39 is 0 Å². The standard InChI is InChI=1S/C12H17BrN2O2/c1-3-6-15-10(9(13)7-14-15)11(16)12(17-2)8-4-5-8/h7-8,12H,3-6H2,1-2H3. The number of ether oxygens (including phenoxy) is 1. The highest BCUT2D eigenvalue weighted by Gasteiger charge is 2.38. The number of nitrogens with zero attached hydrogens (tertiary/aromatic N) is 2. The molecule has 0 N–H and O–H groups in total. The van der Waals surface area contributed by atoms with Gasteiger partial charge in [-0.05, 0) is 41.1 Å². The van der Waals surface area contributed by atoms with Gasteiger partial charge in [-0.15, -0.1) is 0 Å². The van der Waals surface area contributed by atoms with Crippen molar-refractivity contribution < 1.29 is 9.53 Å². The monoisotopic (exact) mass is 300 g/mol. The smallest absolute Gasteiger partial charge is 0.210 e. The van der Waals surface area contributed by atoms with Gasteiger partial charge >= 0.3 is 0 Å². The highest BCUT2D eigenvalue weighted by molar-refractivity contribution is 9.10. The Labute approximate surface area is 109 Å². The van der Waals surface area contributed by atoms with Crippen molar-refractivity contribution in [2.24, 2.45) is 5.92 Å². The predicted molar refractivity (Wildman–Crippen MR) is 68.1 cm³/mol. The quantitative estimate of drug-likeness (QED) is 0.759. The number of carbonyl (C=O) groups excluding carboxylic acids is 1. The maximum absolute atomic E-state index is 12.4. The highest BCUT2D eigenvalue weighted by Crippen LogP contribution is 2.36. The Bertz CT molecular complexity index is 413. The Morgan fingerprint density at radius 3 is 2.94 bits per heavy atom. The number of Topliss-reactive ketones (excluding diaryl/α,β-unsaturated/α-hetero) is 1. The number of aromatic nitrogens is 2. The van der Waals surface area contributed by atoms with Gasteiger partial charge in [0.25, 0.3) is 0 Å². The van der Waals surface area contributed by atoms with E-state index in [2.05, 4.69) is 28.0 Å². The maximum atomic E-state index is 12.4. The van der Waals surface area contributed by atoms with E-state index in [4.69, 9.17) is 4.74 Å². The van der Waals surface area contributed by atoms with E-state index in [-0.39, 0.29) is 11.9 Å². The highest BCUT2D eigenvalue weighted by atomic mass is 79.9. The van der Waals surface area contributed by atoms with Crippen LogP contribution in [0.15, 0.2) is 10.7 Å². The molecule has 1 heterocycles. The molecule has 4 nitrogen and oxygen atoms in total. The summed E-state index contributed by atoms with van der Waals surface area (Å²) in [5.41, 5.74) is 0.644. The van der Waals surface area contributed by atoms with E-state index in [1.165, 1.54) is 0 Å². The largest absolute Gasteiger partial charge is 0.373 e. The van der Waals surface area contributed by atoms with Gasteiger partial charge in [0.15, 0.2) is 0 Å². The molecular formula is C12H17BrN2O2. The van der Waals surface area contributed by atoms with Gasteiger partial charge in [0, 0.05) is 13.7 Å². The van der Waals surface area contributed by atoms with Crippen LogP contribution in [0.2, 0.25) is 0 Å². The van der Waals surface area contributed by atoms with Crippen LogP contribution in [0, 0.1) is 5.92 Å². The fourth-order valence-corrected chi connectivity index (χ4v) is 2.53. The van der Waals surface area contributed by atoms with Gasteiger partial charge in [0.05, 0.1) is 10.7 Å². The molecule has 1 atom stereocenters. The van der Waals surface area contributed by atoms with Crippen LogP contribution in [-0.2, 0) is 11.3 Å². The van der Waals surface area contributed by atoms with Crippen molar-refractivity contribution in [1.29, 1.82) is 0 Å². The third-order valence-electron chi connectivity index (χ3n) is 3.03. The Kier molecular flexibility index (Phi) is 3.99. The van der Waals surface area contributed by atoms with E-state index in [9.17, 15) is 4.79 Å². The second-order valence-electron chi connectivity index (χ2n) is 4.42. The first-order valence-corrected chi connectivity index (χ1v) is 6.76. The molecule has 0 aromatic carbocycles.